The smallest absolute Gasteiger partial charge is 0.322 e. The predicted octanol–water partition coefficient (Wildman–Crippen LogP) is 3.56. The Balaban J connectivity index is 1.40. The van der Waals surface area contributed by atoms with E-state index in [4.69, 9.17) is 16.0 Å². The Morgan fingerprint density at radius 3 is 2.72 bits per heavy atom. The summed E-state index contributed by atoms with van der Waals surface area (Å²) in [7, 11) is 0. The average Bonchev–Trinajstić information content (AvgIpc) is 3.31. The Bertz CT molecular complexity index is 1050. The Labute approximate surface area is 170 Å². The van der Waals surface area contributed by atoms with Crippen molar-refractivity contribution < 1.29 is 18.4 Å². The van der Waals surface area contributed by atoms with Crippen molar-refractivity contribution in [3.8, 4) is 0 Å². The minimum Gasteiger partial charge on any atom is -0.407 e. The molecule has 9 heteroatoms. The monoisotopic (exact) mass is 414 g/mol. The van der Waals surface area contributed by atoms with Crippen LogP contribution in [0, 0.1) is 5.82 Å². The van der Waals surface area contributed by atoms with Gasteiger partial charge in [0.25, 0.3) is 0 Å². The van der Waals surface area contributed by atoms with Gasteiger partial charge in [0.05, 0.1) is 12.3 Å². The first-order chi connectivity index (χ1) is 14.0. The summed E-state index contributed by atoms with van der Waals surface area (Å²) in [6.45, 7) is 0.333. The van der Waals surface area contributed by atoms with Crippen LogP contribution in [0.3, 0.4) is 0 Å². The van der Waals surface area contributed by atoms with Gasteiger partial charge < -0.3 is 9.32 Å². The van der Waals surface area contributed by atoms with E-state index in [2.05, 4.69) is 15.5 Å². The van der Waals surface area contributed by atoms with E-state index in [-0.39, 0.29) is 48.3 Å². The topological polar surface area (TPSA) is 88.3 Å². The molecule has 1 atom stereocenters. The van der Waals surface area contributed by atoms with Crippen LogP contribution >= 0.6 is 11.6 Å². The van der Waals surface area contributed by atoms with Crippen molar-refractivity contribution in [3.63, 3.8) is 0 Å². The van der Waals surface area contributed by atoms with E-state index in [1.54, 1.807) is 41.3 Å². The molecule has 1 aliphatic heterocycles. The van der Waals surface area contributed by atoms with Crippen molar-refractivity contribution in [2.24, 2.45) is 0 Å². The highest BCUT2D eigenvalue weighted by Crippen LogP contribution is 2.31. The fourth-order valence-corrected chi connectivity index (χ4v) is 3.37. The first kappa shape index (κ1) is 19.1. The molecule has 2 heterocycles. The van der Waals surface area contributed by atoms with Gasteiger partial charge in [-0.1, -0.05) is 34.9 Å². The molecular formula is C20H16ClFN4O3. The molecule has 1 fully saturated rings. The third kappa shape index (κ3) is 4.27. The minimum absolute atomic E-state index is 0.0373. The van der Waals surface area contributed by atoms with E-state index in [1.807, 2.05) is 0 Å². The summed E-state index contributed by atoms with van der Waals surface area (Å²) in [6, 6.07) is 12.7. The number of halogens is 2. The van der Waals surface area contributed by atoms with Gasteiger partial charge in [0.15, 0.2) is 0 Å². The molecule has 1 aromatic heterocycles. The number of nitrogens with one attached hydrogen (secondary N) is 1. The Hall–Kier alpha value is -3.26. The number of carbonyl (C=O) groups excluding carboxylic acids is 2. The van der Waals surface area contributed by atoms with Crippen LogP contribution in [-0.2, 0) is 16.0 Å². The summed E-state index contributed by atoms with van der Waals surface area (Å²) in [6.07, 6.45) is 0.254. The Morgan fingerprint density at radius 1 is 1.21 bits per heavy atom. The predicted molar refractivity (Wildman–Crippen MR) is 104 cm³/mol. The molecule has 3 aromatic rings. The third-order valence-corrected chi connectivity index (χ3v) is 4.98. The molecule has 1 unspecified atom stereocenters. The molecule has 1 N–H and O–H groups in total. The largest absolute Gasteiger partial charge is 0.407 e. The van der Waals surface area contributed by atoms with E-state index >= 15 is 0 Å². The summed E-state index contributed by atoms with van der Waals surface area (Å²) in [5.41, 5.74) is 1.29. The van der Waals surface area contributed by atoms with Crippen molar-refractivity contribution >= 4 is 35.1 Å². The zero-order valence-corrected chi connectivity index (χ0v) is 15.9. The normalized spacial score (nSPS) is 16.3. The summed E-state index contributed by atoms with van der Waals surface area (Å²) in [5, 5.41) is 10.8. The lowest BCUT2D eigenvalue weighted by Gasteiger charge is -2.15. The van der Waals surface area contributed by atoms with Gasteiger partial charge in [-0.15, -0.1) is 5.10 Å². The summed E-state index contributed by atoms with van der Waals surface area (Å²) < 4.78 is 18.6. The standard InChI is InChI=1S/C20H16ClFN4O3/c21-16-4-2-1-3-12(16)9-17(27)23-20-25-24-19(29-20)13-10-18(28)26(11-13)15-7-5-14(22)6-8-15/h1-8,13H,9-11H2,(H,23,25,27). The molecule has 0 saturated carbocycles. The van der Waals surface area contributed by atoms with E-state index in [0.717, 1.165) is 0 Å². The van der Waals surface area contributed by atoms with Crippen LogP contribution in [0.25, 0.3) is 0 Å². The van der Waals surface area contributed by atoms with Crippen LogP contribution in [-0.4, -0.2) is 28.6 Å². The van der Waals surface area contributed by atoms with Gasteiger partial charge in [-0.2, -0.15) is 0 Å². The van der Waals surface area contributed by atoms with E-state index in [9.17, 15) is 14.0 Å². The summed E-state index contributed by atoms with van der Waals surface area (Å²) >= 11 is 6.06. The highest BCUT2D eigenvalue weighted by molar-refractivity contribution is 6.31. The number of hydrogen-bond donors (Lipinski definition) is 1. The Kier molecular flexibility index (Phi) is 5.26. The molecular weight excluding hydrogens is 399 g/mol. The van der Waals surface area contributed by atoms with E-state index in [1.165, 1.54) is 12.1 Å². The second-order valence-electron chi connectivity index (χ2n) is 6.64. The van der Waals surface area contributed by atoms with Gasteiger partial charge in [0.1, 0.15) is 5.82 Å². The summed E-state index contributed by atoms with van der Waals surface area (Å²) in [4.78, 5) is 26.1. The van der Waals surface area contributed by atoms with Gasteiger partial charge in [0, 0.05) is 23.7 Å². The SMILES string of the molecule is O=C(Cc1ccccc1Cl)Nc1nnc(C2CC(=O)N(c3ccc(F)cc3)C2)o1. The highest BCUT2D eigenvalue weighted by Gasteiger charge is 2.35. The zero-order valence-electron chi connectivity index (χ0n) is 15.1. The maximum Gasteiger partial charge on any atom is 0.322 e. The molecule has 148 valence electrons. The number of hydrogen-bond acceptors (Lipinski definition) is 5. The van der Waals surface area contributed by atoms with Crippen molar-refractivity contribution in [3.05, 3.63) is 70.8 Å². The van der Waals surface area contributed by atoms with Gasteiger partial charge >= 0.3 is 6.01 Å². The molecule has 7 nitrogen and oxygen atoms in total. The zero-order chi connectivity index (χ0) is 20.4. The molecule has 2 aromatic carbocycles. The van der Waals surface area contributed by atoms with Crippen LogP contribution in [0.5, 0.6) is 0 Å². The van der Waals surface area contributed by atoms with E-state index < -0.39 is 0 Å². The van der Waals surface area contributed by atoms with Crippen LogP contribution < -0.4 is 10.2 Å². The number of anilines is 2. The van der Waals surface area contributed by atoms with Crippen molar-refractivity contribution in [1.29, 1.82) is 0 Å². The number of nitrogens with zero attached hydrogens (tertiary/aromatic N) is 3. The molecule has 1 aliphatic rings. The third-order valence-electron chi connectivity index (χ3n) is 4.61. The lowest BCUT2D eigenvalue weighted by molar-refractivity contribution is -0.117. The lowest BCUT2D eigenvalue weighted by atomic mass is 10.1. The number of aromatic nitrogens is 2. The van der Waals surface area contributed by atoms with Crippen LogP contribution in [0.15, 0.2) is 52.9 Å². The second kappa shape index (κ2) is 8.00. The number of carbonyl (C=O) groups is 2. The molecule has 0 spiro atoms. The van der Waals surface area contributed by atoms with Gasteiger partial charge in [-0.05, 0) is 35.9 Å². The van der Waals surface area contributed by atoms with Crippen LogP contribution in [0.4, 0.5) is 16.1 Å². The molecule has 1 saturated heterocycles. The fraction of sp³-hybridized carbons (Fsp3) is 0.200. The van der Waals surface area contributed by atoms with E-state index in [0.29, 0.717) is 22.8 Å². The first-order valence-corrected chi connectivity index (χ1v) is 9.30. The molecule has 29 heavy (non-hydrogen) atoms. The Morgan fingerprint density at radius 2 is 1.97 bits per heavy atom. The molecule has 2 amide bonds. The minimum atomic E-state index is -0.369. The summed E-state index contributed by atoms with van der Waals surface area (Å²) in [5.74, 6) is -0.885. The van der Waals surface area contributed by atoms with Crippen molar-refractivity contribution in [2.75, 3.05) is 16.8 Å². The second-order valence-corrected chi connectivity index (χ2v) is 7.05. The van der Waals surface area contributed by atoms with Crippen LogP contribution in [0.2, 0.25) is 5.02 Å². The molecule has 0 radical (unpaired) electrons. The highest BCUT2D eigenvalue weighted by atomic mass is 35.5. The molecule has 0 bridgehead atoms. The lowest BCUT2D eigenvalue weighted by Crippen LogP contribution is -2.24. The maximum atomic E-state index is 13.1. The maximum absolute atomic E-state index is 13.1. The van der Waals surface area contributed by atoms with Gasteiger partial charge in [-0.25, -0.2) is 4.39 Å². The fourth-order valence-electron chi connectivity index (χ4n) is 3.17. The average molecular weight is 415 g/mol. The van der Waals surface area contributed by atoms with Crippen LogP contribution in [0.1, 0.15) is 23.8 Å². The number of rotatable bonds is 5. The molecule has 0 aliphatic carbocycles. The number of benzene rings is 2. The van der Waals surface area contributed by atoms with Crippen molar-refractivity contribution in [2.45, 2.75) is 18.8 Å². The van der Waals surface area contributed by atoms with Gasteiger partial charge in [0.2, 0.25) is 17.7 Å². The first-order valence-electron chi connectivity index (χ1n) is 8.92. The van der Waals surface area contributed by atoms with Crippen molar-refractivity contribution in [1.82, 2.24) is 10.2 Å². The quantitative estimate of drug-likeness (QED) is 0.689. The number of amides is 2. The van der Waals surface area contributed by atoms with Gasteiger partial charge in [-0.3, -0.25) is 14.9 Å². The molecule has 4 rings (SSSR count).